The molecule has 0 saturated carbocycles. The normalized spacial score (nSPS) is 12.4. The Morgan fingerprint density at radius 1 is 1.00 bits per heavy atom. The molecule has 7 nitrogen and oxygen atoms in total. The molecule has 5 aromatic rings. The van der Waals surface area contributed by atoms with Crippen LogP contribution in [0.15, 0.2) is 67.3 Å². The van der Waals surface area contributed by atoms with Crippen molar-refractivity contribution in [1.82, 2.24) is 29.5 Å². The van der Waals surface area contributed by atoms with Gasteiger partial charge in [-0.25, -0.2) is 19.0 Å². The zero-order valence-corrected chi connectivity index (χ0v) is 17.1. The van der Waals surface area contributed by atoms with Crippen molar-refractivity contribution in [3.63, 3.8) is 0 Å². The lowest BCUT2D eigenvalue weighted by molar-refractivity contribution is 0.607. The number of aryl methyl sites for hydroxylation is 1. The van der Waals surface area contributed by atoms with Crippen molar-refractivity contribution >= 4 is 16.9 Å². The van der Waals surface area contributed by atoms with Crippen LogP contribution in [0, 0.1) is 12.7 Å². The molecule has 0 amide bonds. The molecule has 2 aromatic carbocycles. The highest BCUT2D eigenvalue weighted by Gasteiger charge is 2.21. The zero-order chi connectivity index (χ0) is 21.5. The molecule has 0 aliphatic heterocycles. The minimum atomic E-state index is -0.361. The van der Waals surface area contributed by atoms with Gasteiger partial charge in [0.15, 0.2) is 0 Å². The Morgan fingerprint density at radius 2 is 1.77 bits per heavy atom. The lowest BCUT2D eigenvalue weighted by Gasteiger charge is -2.11. The number of nitrogens with two attached hydrogens (primary N) is 1. The van der Waals surface area contributed by atoms with E-state index in [1.807, 2.05) is 24.6 Å². The van der Waals surface area contributed by atoms with Crippen LogP contribution in [0.2, 0.25) is 0 Å². The summed E-state index contributed by atoms with van der Waals surface area (Å²) < 4.78 is 17.6. The molecule has 5 rings (SSSR count). The Bertz CT molecular complexity index is 1390. The lowest BCUT2D eigenvalue weighted by atomic mass is 10.0. The van der Waals surface area contributed by atoms with E-state index in [-0.39, 0.29) is 11.9 Å². The molecule has 1 atom stereocenters. The van der Waals surface area contributed by atoms with E-state index in [9.17, 15) is 4.39 Å². The molecule has 0 radical (unpaired) electrons. The minimum Gasteiger partial charge on any atom is -0.383 e. The van der Waals surface area contributed by atoms with Crippen LogP contribution in [0.1, 0.15) is 24.2 Å². The summed E-state index contributed by atoms with van der Waals surface area (Å²) in [5.41, 5.74) is 11.1. The summed E-state index contributed by atoms with van der Waals surface area (Å²) in [4.78, 5) is 8.68. The number of para-hydroxylation sites is 1. The van der Waals surface area contributed by atoms with Crippen LogP contribution in [-0.4, -0.2) is 29.5 Å². The summed E-state index contributed by atoms with van der Waals surface area (Å²) in [5.74, 6) is 0.0572. The van der Waals surface area contributed by atoms with E-state index in [0.717, 1.165) is 16.5 Å². The predicted molar refractivity (Wildman–Crippen MR) is 117 cm³/mol. The molecule has 3 aromatic heterocycles. The Labute approximate surface area is 178 Å². The van der Waals surface area contributed by atoms with Crippen LogP contribution in [0.3, 0.4) is 0 Å². The van der Waals surface area contributed by atoms with Crippen LogP contribution >= 0.6 is 0 Å². The van der Waals surface area contributed by atoms with Crippen molar-refractivity contribution in [3.05, 3.63) is 84.3 Å². The summed E-state index contributed by atoms with van der Waals surface area (Å²) >= 11 is 0. The highest BCUT2D eigenvalue weighted by atomic mass is 19.1. The molecule has 154 valence electrons. The molecule has 0 aliphatic rings. The standard InChI is InChI=1S/C23H20FN7/c1-14-7-9-16(10-8-14)17-11-30(23-21(17)22(25)26-13-27-23)15(2)19-12-31(29-28-19)20-6-4-3-5-18(20)24/h3-13,15H,1-2H3,(H2,25,26,27). The van der Waals surface area contributed by atoms with Gasteiger partial charge < -0.3 is 10.3 Å². The zero-order valence-electron chi connectivity index (χ0n) is 17.1. The number of hydrogen-bond acceptors (Lipinski definition) is 5. The summed E-state index contributed by atoms with van der Waals surface area (Å²) in [5, 5.41) is 9.20. The van der Waals surface area contributed by atoms with Crippen molar-refractivity contribution < 1.29 is 4.39 Å². The third kappa shape index (κ3) is 3.22. The molecule has 0 fully saturated rings. The van der Waals surface area contributed by atoms with E-state index >= 15 is 0 Å². The van der Waals surface area contributed by atoms with Crippen LogP contribution in [0.25, 0.3) is 27.8 Å². The second-order valence-corrected chi connectivity index (χ2v) is 7.49. The average Bonchev–Trinajstić information content (AvgIpc) is 3.40. The van der Waals surface area contributed by atoms with Crippen LogP contribution in [-0.2, 0) is 0 Å². The number of hydrogen-bond donors (Lipinski definition) is 1. The van der Waals surface area contributed by atoms with Crippen LogP contribution < -0.4 is 5.73 Å². The van der Waals surface area contributed by atoms with Gasteiger partial charge in [0.05, 0.1) is 17.6 Å². The topological polar surface area (TPSA) is 87.4 Å². The largest absolute Gasteiger partial charge is 0.383 e. The van der Waals surface area contributed by atoms with E-state index in [1.165, 1.54) is 22.6 Å². The van der Waals surface area contributed by atoms with Crippen LogP contribution in [0.4, 0.5) is 10.2 Å². The van der Waals surface area contributed by atoms with Gasteiger partial charge in [0, 0.05) is 11.8 Å². The Balaban J connectivity index is 1.62. The van der Waals surface area contributed by atoms with Gasteiger partial charge in [0.1, 0.15) is 35.0 Å². The lowest BCUT2D eigenvalue weighted by Crippen LogP contribution is -2.07. The fourth-order valence-corrected chi connectivity index (χ4v) is 3.72. The van der Waals surface area contributed by atoms with Crippen molar-refractivity contribution in [2.45, 2.75) is 19.9 Å². The Morgan fingerprint density at radius 3 is 2.55 bits per heavy atom. The number of nitrogen functional groups attached to an aromatic ring is 1. The first kappa shape index (κ1) is 18.9. The van der Waals surface area contributed by atoms with Gasteiger partial charge in [-0.05, 0) is 31.5 Å². The van der Waals surface area contributed by atoms with E-state index in [2.05, 4.69) is 44.5 Å². The molecule has 3 heterocycles. The third-order valence-corrected chi connectivity index (χ3v) is 5.46. The highest BCUT2D eigenvalue weighted by Crippen LogP contribution is 2.35. The molecule has 0 bridgehead atoms. The Hall–Kier alpha value is -4.07. The molecule has 2 N–H and O–H groups in total. The van der Waals surface area contributed by atoms with Crippen molar-refractivity contribution in [2.75, 3.05) is 5.73 Å². The first-order valence-electron chi connectivity index (χ1n) is 9.88. The third-order valence-electron chi connectivity index (χ3n) is 5.46. The van der Waals surface area contributed by atoms with Gasteiger partial charge in [-0.15, -0.1) is 5.10 Å². The fourth-order valence-electron chi connectivity index (χ4n) is 3.72. The van der Waals surface area contributed by atoms with Gasteiger partial charge in [0.25, 0.3) is 0 Å². The van der Waals surface area contributed by atoms with Gasteiger partial charge >= 0.3 is 0 Å². The van der Waals surface area contributed by atoms with Gasteiger partial charge in [-0.3, -0.25) is 0 Å². The number of halogens is 1. The molecular weight excluding hydrogens is 393 g/mol. The number of anilines is 1. The molecule has 1 unspecified atom stereocenters. The predicted octanol–water partition coefficient (Wildman–Crippen LogP) is 4.32. The Kier molecular flexibility index (Phi) is 4.47. The summed E-state index contributed by atoms with van der Waals surface area (Å²) in [6.07, 6.45) is 5.19. The van der Waals surface area contributed by atoms with Crippen LogP contribution in [0.5, 0.6) is 0 Å². The number of rotatable bonds is 4. The molecule has 31 heavy (non-hydrogen) atoms. The van der Waals surface area contributed by atoms with E-state index in [1.54, 1.807) is 24.4 Å². The van der Waals surface area contributed by atoms with Crippen molar-refractivity contribution in [3.8, 4) is 16.8 Å². The maximum absolute atomic E-state index is 14.2. The molecule has 0 saturated heterocycles. The quantitative estimate of drug-likeness (QED) is 0.474. The minimum absolute atomic E-state index is 0.212. The highest BCUT2D eigenvalue weighted by molar-refractivity contribution is 6.00. The van der Waals surface area contributed by atoms with Gasteiger partial charge in [-0.1, -0.05) is 47.2 Å². The maximum atomic E-state index is 14.2. The van der Waals surface area contributed by atoms with E-state index in [0.29, 0.717) is 22.8 Å². The second kappa shape index (κ2) is 7.32. The smallest absolute Gasteiger partial charge is 0.148 e. The first-order valence-corrected chi connectivity index (χ1v) is 9.88. The van der Waals surface area contributed by atoms with Crippen molar-refractivity contribution in [1.29, 1.82) is 0 Å². The number of aromatic nitrogens is 6. The first-order chi connectivity index (χ1) is 15.0. The van der Waals surface area contributed by atoms with E-state index < -0.39 is 0 Å². The monoisotopic (exact) mass is 413 g/mol. The summed E-state index contributed by atoms with van der Waals surface area (Å²) in [7, 11) is 0. The second-order valence-electron chi connectivity index (χ2n) is 7.49. The number of fused-ring (bicyclic) bond motifs is 1. The summed E-state index contributed by atoms with van der Waals surface area (Å²) in [6.45, 7) is 4.04. The van der Waals surface area contributed by atoms with Gasteiger partial charge in [-0.2, -0.15) is 0 Å². The molecule has 8 heteroatoms. The van der Waals surface area contributed by atoms with Crippen molar-refractivity contribution in [2.24, 2.45) is 0 Å². The molecular formula is C23H20FN7. The molecule has 0 aliphatic carbocycles. The molecule has 0 spiro atoms. The summed E-state index contributed by atoms with van der Waals surface area (Å²) in [6, 6.07) is 14.5. The van der Waals surface area contributed by atoms with E-state index in [4.69, 9.17) is 5.73 Å². The number of benzene rings is 2. The average molecular weight is 413 g/mol. The number of nitrogens with zero attached hydrogens (tertiary/aromatic N) is 6. The SMILES string of the molecule is Cc1ccc(-c2cn(C(C)c3cn(-c4ccccc4F)nn3)c3ncnc(N)c23)cc1. The fraction of sp³-hybridized carbons (Fsp3) is 0.130. The maximum Gasteiger partial charge on any atom is 0.148 e. The van der Waals surface area contributed by atoms with Gasteiger partial charge in [0.2, 0.25) is 0 Å².